The van der Waals surface area contributed by atoms with E-state index in [1.54, 1.807) is 12.1 Å². The molecule has 1 aromatic heterocycles. The van der Waals surface area contributed by atoms with E-state index in [1.807, 2.05) is 42.5 Å². The Morgan fingerprint density at radius 1 is 0.971 bits per heavy atom. The average Bonchev–Trinajstić information content (AvgIpc) is 2.87. The van der Waals surface area contributed by atoms with E-state index in [4.69, 9.17) is 10.5 Å². The molecule has 1 amide bonds. The monoisotopic (exact) mass is 479 g/mol. The smallest absolute Gasteiger partial charge is 0.330 e. The number of H-pyrrole nitrogens is 1. The number of rotatable bonds is 11. The largest absolute Gasteiger partial charge is 0.383 e. The molecule has 3 rings (SSSR count). The summed E-state index contributed by atoms with van der Waals surface area (Å²) in [5.74, 6) is -0.476. The van der Waals surface area contributed by atoms with Crippen LogP contribution in [0.15, 0.2) is 64.2 Å². The van der Waals surface area contributed by atoms with E-state index in [0.717, 1.165) is 30.8 Å². The van der Waals surface area contributed by atoms with Crippen molar-refractivity contribution in [2.75, 3.05) is 37.4 Å². The summed E-state index contributed by atoms with van der Waals surface area (Å²) in [7, 11) is 1.50. The van der Waals surface area contributed by atoms with Gasteiger partial charge in [0.05, 0.1) is 19.7 Å². The number of nitrogen functional groups attached to an aromatic ring is 1. The molecule has 35 heavy (non-hydrogen) atoms. The van der Waals surface area contributed by atoms with Crippen molar-refractivity contribution in [2.45, 2.75) is 33.5 Å². The fourth-order valence-corrected chi connectivity index (χ4v) is 3.88. The zero-order valence-corrected chi connectivity index (χ0v) is 20.5. The van der Waals surface area contributed by atoms with Gasteiger partial charge in [-0.05, 0) is 36.3 Å². The predicted octanol–water partition coefficient (Wildman–Crippen LogP) is 2.45. The minimum Gasteiger partial charge on any atom is -0.383 e. The molecule has 0 aliphatic heterocycles. The number of aromatic nitrogens is 2. The van der Waals surface area contributed by atoms with E-state index in [1.165, 1.54) is 16.6 Å². The zero-order chi connectivity index (χ0) is 25.4. The summed E-state index contributed by atoms with van der Waals surface area (Å²) in [5.41, 5.74) is 7.17. The number of anilines is 2. The van der Waals surface area contributed by atoms with Gasteiger partial charge in [-0.3, -0.25) is 28.9 Å². The first kappa shape index (κ1) is 25.9. The van der Waals surface area contributed by atoms with Crippen LogP contribution < -0.4 is 21.9 Å². The summed E-state index contributed by atoms with van der Waals surface area (Å²) in [6.45, 7) is 7.33. The highest BCUT2D eigenvalue weighted by Gasteiger charge is 2.25. The number of nitrogens with one attached hydrogen (secondary N) is 1. The van der Waals surface area contributed by atoms with Gasteiger partial charge in [0.15, 0.2) is 5.69 Å². The molecule has 0 aliphatic carbocycles. The summed E-state index contributed by atoms with van der Waals surface area (Å²) in [5, 5.41) is 0. The zero-order valence-electron chi connectivity index (χ0n) is 20.5. The lowest BCUT2D eigenvalue weighted by atomic mass is 10.1. The number of carbonyl (C=O) groups is 1. The Morgan fingerprint density at radius 3 is 2.20 bits per heavy atom. The summed E-state index contributed by atoms with van der Waals surface area (Å²) in [4.78, 5) is 44.9. The molecule has 0 unspecified atom stereocenters. The third kappa shape index (κ3) is 6.26. The molecule has 9 heteroatoms. The first-order valence-corrected chi connectivity index (χ1v) is 11.7. The Morgan fingerprint density at radius 2 is 1.60 bits per heavy atom. The molecule has 0 saturated carbocycles. The number of nitrogens with two attached hydrogens (primary N) is 1. The Labute approximate surface area is 204 Å². The number of aromatic amines is 1. The summed E-state index contributed by atoms with van der Waals surface area (Å²) < 4.78 is 6.27. The van der Waals surface area contributed by atoms with Crippen molar-refractivity contribution in [3.05, 3.63) is 92.1 Å². The number of hydrogen-bond acceptors (Lipinski definition) is 6. The van der Waals surface area contributed by atoms with Gasteiger partial charge in [0, 0.05) is 19.2 Å². The second kappa shape index (κ2) is 12.1. The molecule has 0 saturated heterocycles. The highest BCUT2D eigenvalue weighted by Crippen LogP contribution is 2.22. The second-order valence-electron chi connectivity index (χ2n) is 8.17. The van der Waals surface area contributed by atoms with Gasteiger partial charge < -0.3 is 10.5 Å². The lowest BCUT2D eigenvalue weighted by Gasteiger charge is -2.25. The van der Waals surface area contributed by atoms with Gasteiger partial charge in [-0.2, -0.15) is 0 Å². The first-order chi connectivity index (χ1) is 16.9. The molecule has 3 N–H and O–H groups in total. The van der Waals surface area contributed by atoms with E-state index in [2.05, 4.69) is 23.7 Å². The maximum absolute atomic E-state index is 13.7. The number of carbonyl (C=O) groups excluding carboxylic acids is 1. The van der Waals surface area contributed by atoms with Crippen LogP contribution in [-0.4, -0.2) is 47.2 Å². The molecule has 3 aromatic rings. The molecule has 0 aliphatic rings. The molecular formula is C26H33N5O4. The minimum absolute atomic E-state index is 0.0678. The maximum atomic E-state index is 13.7. The molecule has 0 spiro atoms. The van der Waals surface area contributed by atoms with Gasteiger partial charge in [0.2, 0.25) is 0 Å². The van der Waals surface area contributed by atoms with Crippen molar-refractivity contribution in [2.24, 2.45) is 0 Å². The summed E-state index contributed by atoms with van der Waals surface area (Å²) >= 11 is 0. The van der Waals surface area contributed by atoms with Gasteiger partial charge in [0.1, 0.15) is 5.82 Å². The van der Waals surface area contributed by atoms with Gasteiger partial charge in [-0.25, -0.2) is 4.79 Å². The minimum atomic E-state index is -0.719. The third-order valence-electron chi connectivity index (χ3n) is 5.93. The van der Waals surface area contributed by atoms with E-state index in [9.17, 15) is 14.4 Å². The van der Waals surface area contributed by atoms with Crippen molar-refractivity contribution in [1.29, 1.82) is 0 Å². The summed E-state index contributed by atoms with van der Waals surface area (Å²) in [6, 6.07) is 16.6. The van der Waals surface area contributed by atoms with E-state index in [-0.39, 0.29) is 31.2 Å². The van der Waals surface area contributed by atoms with Gasteiger partial charge >= 0.3 is 5.69 Å². The highest BCUT2D eigenvalue weighted by atomic mass is 16.5. The Kier molecular flexibility index (Phi) is 8.99. The Bertz CT molecular complexity index is 1230. The summed E-state index contributed by atoms with van der Waals surface area (Å²) in [6.07, 6.45) is 0. The van der Waals surface area contributed by atoms with E-state index >= 15 is 0 Å². The number of benzene rings is 2. The van der Waals surface area contributed by atoms with Crippen molar-refractivity contribution in [3.63, 3.8) is 0 Å². The molecule has 2 aromatic carbocycles. The predicted molar refractivity (Wildman–Crippen MR) is 138 cm³/mol. The van der Waals surface area contributed by atoms with Gasteiger partial charge in [-0.1, -0.05) is 56.3 Å². The SMILES string of the molecule is CCN(CC)Cc1ccc(C(=O)N(Cc2ccccc2)c2c(N)n(CCOC)c(=O)[nH]c2=O)cc1. The van der Waals surface area contributed by atoms with Crippen LogP contribution in [0.1, 0.15) is 35.3 Å². The molecule has 0 radical (unpaired) electrons. The van der Waals surface area contributed by atoms with E-state index < -0.39 is 17.2 Å². The van der Waals surface area contributed by atoms with Crippen LogP contribution in [0.2, 0.25) is 0 Å². The lowest BCUT2D eigenvalue weighted by Crippen LogP contribution is -2.41. The van der Waals surface area contributed by atoms with Crippen LogP contribution in [0.3, 0.4) is 0 Å². The maximum Gasteiger partial charge on any atom is 0.330 e. The number of ether oxygens (including phenoxy) is 1. The van der Waals surface area contributed by atoms with Crippen LogP contribution in [0.4, 0.5) is 11.5 Å². The topological polar surface area (TPSA) is 114 Å². The van der Waals surface area contributed by atoms with Gasteiger partial charge in [-0.15, -0.1) is 0 Å². The Balaban J connectivity index is 2.04. The molecule has 0 fully saturated rings. The van der Waals surface area contributed by atoms with Crippen molar-refractivity contribution in [1.82, 2.24) is 14.5 Å². The highest BCUT2D eigenvalue weighted by molar-refractivity contribution is 6.07. The molecular weight excluding hydrogens is 446 g/mol. The number of amides is 1. The third-order valence-corrected chi connectivity index (χ3v) is 5.93. The number of nitrogens with zero attached hydrogens (tertiary/aromatic N) is 3. The molecule has 9 nitrogen and oxygen atoms in total. The quantitative estimate of drug-likeness (QED) is 0.437. The molecule has 0 bridgehead atoms. The molecule has 1 heterocycles. The lowest BCUT2D eigenvalue weighted by molar-refractivity contribution is 0.0984. The standard InChI is InChI=1S/C26H33N5O4/c1-4-29(5-2)17-20-11-13-21(14-12-20)25(33)31(18-19-9-7-6-8-10-19)22-23(27)30(15-16-35-3)26(34)28-24(22)32/h6-14H,4-5,15-18,27H2,1-3H3,(H,28,32,34). The molecule has 0 atom stereocenters. The second-order valence-corrected chi connectivity index (χ2v) is 8.17. The van der Waals surface area contributed by atoms with E-state index in [0.29, 0.717) is 5.56 Å². The van der Waals surface area contributed by atoms with Crippen LogP contribution in [0.5, 0.6) is 0 Å². The molecule has 186 valence electrons. The van der Waals surface area contributed by atoms with Crippen LogP contribution >= 0.6 is 0 Å². The van der Waals surface area contributed by atoms with Gasteiger partial charge in [0.25, 0.3) is 11.5 Å². The van der Waals surface area contributed by atoms with Crippen LogP contribution in [0, 0.1) is 0 Å². The fraction of sp³-hybridized carbons (Fsp3) is 0.346. The number of methoxy groups -OCH3 is 1. The average molecular weight is 480 g/mol. The fourth-order valence-electron chi connectivity index (χ4n) is 3.88. The van der Waals surface area contributed by atoms with Crippen molar-refractivity contribution >= 4 is 17.4 Å². The number of hydrogen-bond donors (Lipinski definition) is 2. The first-order valence-electron chi connectivity index (χ1n) is 11.7. The van der Waals surface area contributed by atoms with Crippen LogP contribution in [-0.2, 0) is 24.4 Å². The van der Waals surface area contributed by atoms with Crippen molar-refractivity contribution < 1.29 is 9.53 Å². The van der Waals surface area contributed by atoms with Crippen molar-refractivity contribution in [3.8, 4) is 0 Å². The van der Waals surface area contributed by atoms with Crippen LogP contribution in [0.25, 0.3) is 0 Å². The Hall–Kier alpha value is -3.69. The normalized spacial score (nSPS) is 11.1.